The number of nitrogens with zero attached hydrogens (tertiary/aromatic N) is 2. The highest BCUT2D eigenvalue weighted by atomic mass is 19.4. The molecule has 1 N–H and O–H groups in total. The van der Waals surface area contributed by atoms with Crippen LogP contribution in [0.15, 0.2) is 16.5 Å². The molecule has 0 radical (unpaired) electrons. The van der Waals surface area contributed by atoms with E-state index in [0.29, 0.717) is 45.4 Å². The summed E-state index contributed by atoms with van der Waals surface area (Å²) in [4.78, 5) is 16.0. The number of amides is 1. The van der Waals surface area contributed by atoms with Gasteiger partial charge in [0.05, 0.1) is 18.1 Å². The number of likely N-dealkylation sites (N-methyl/N-ethyl adjacent to an activating group) is 1. The molecule has 2 aliphatic rings. The van der Waals surface area contributed by atoms with E-state index in [4.69, 9.17) is 4.42 Å². The fourth-order valence-corrected chi connectivity index (χ4v) is 3.80. The topological polar surface area (TPSA) is 56.9 Å². The number of likely N-dealkylation sites (tertiary alicyclic amines) is 2. The molecular weight excluding hydrogens is 325 g/mol. The van der Waals surface area contributed by atoms with Crippen molar-refractivity contribution in [3.05, 3.63) is 23.7 Å². The molecule has 1 spiro atoms. The van der Waals surface area contributed by atoms with E-state index in [1.807, 2.05) is 4.90 Å². The first-order valence-corrected chi connectivity index (χ1v) is 8.01. The fraction of sp³-hybridized carbons (Fsp3) is 0.688. The first kappa shape index (κ1) is 17.3. The highest BCUT2D eigenvalue weighted by molar-refractivity contribution is 5.83. The Morgan fingerprint density at radius 3 is 2.58 bits per heavy atom. The van der Waals surface area contributed by atoms with Gasteiger partial charge < -0.3 is 14.4 Å². The number of hydrogen-bond donors (Lipinski definition) is 1. The number of furan rings is 1. The lowest BCUT2D eigenvalue weighted by atomic mass is 9.71. The summed E-state index contributed by atoms with van der Waals surface area (Å²) in [6.07, 6.45) is -3.33. The molecule has 3 rings (SSSR count). The molecule has 0 saturated carbocycles. The van der Waals surface area contributed by atoms with Crippen molar-refractivity contribution in [1.82, 2.24) is 9.80 Å². The summed E-state index contributed by atoms with van der Waals surface area (Å²) in [6.45, 7) is 1.83. The van der Waals surface area contributed by atoms with E-state index in [9.17, 15) is 23.1 Å². The lowest BCUT2D eigenvalue weighted by Gasteiger charge is -2.46. The predicted octanol–water partition coefficient (Wildman–Crippen LogP) is 2.10. The quantitative estimate of drug-likeness (QED) is 0.891. The van der Waals surface area contributed by atoms with E-state index in [1.165, 1.54) is 6.07 Å². The second kappa shape index (κ2) is 6.07. The number of hydrogen-bond acceptors (Lipinski definition) is 4. The molecule has 1 amide bonds. The highest BCUT2D eigenvalue weighted by Crippen LogP contribution is 2.41. The van der Waals surface area contributed by atoms with E-state index >= 15 is 0 Å². The van der Waals surface area contributed by atoms with Crippen LogP contribution in [0.4, 0.5) is 13.2 Å². The van der Waals surface area contributed by atoms with Gasteiger partial charge in [-0.15, -0.1) is 0 Å². The second-order valence-electron chi connectivity index (χ2n) is 6.86. The van der Waals surface area contributed by atoms with Crippen molar-refractivity contribution in [2.24, 2.45) is 5.41 Å². The Balaban J connectivity index is 1.61. The van der Waals surface area contributed by atoms with Crippen molar-refractivity contribution in [2.45, 2.75) is 38.1 Å². The third kappa shape index (κ3) is 3.30. The SMILES string of the molecule is CN1CC(O)CC2(CCN(Cc3ccc(C(F)(F)F)o3)CC2)C1=O. The van der Waals surface area contributed by atoms with Crippen LogP contribution in [0.3, 0.4) is 0 Å². The van der Waals surface area contributed by atoms with Gasteiger partial charge in [0.2, 0.25) is 11.7 Å². The average molecular weight is 346 g/mol. The van der Waals surface area contributed by atoms with Crippen LogP contribution >= 0.6 is 0 Å². The number of aliphatic hydroxyl groups is 1. The molecule has 24 heavy (non-hydrogen) atoms. The number of piperidine rings is 2. The van der Waals surface area contributed by atoms with Crippen LogP contribution in [0.1, 0.15) is 30.8 Å². The van der Waals surface area contributed by atoms with Crippen LogP contribution in [0, 0.1) is 5.41 Å². The number of rotatable bonds is 2. The molecule has 1 aromatic rings. The highest BCUT2D eigenvalue weighted by Gasteiger charge is 2.47. The minimum absolute atomic E-state index is 0.0600. The van der Waals surface area contributed by atoms with Crippen molar-refractivity contribution in [3.63, 3.8) is 0 Å². The van der Waals surface area contributed by atoms with Crippen molar-refractivity contribution in [3.8, 4) is 0 Å². The Kier molecular flexibility index (Phi) is 4.37. The van der Waals surface area contributed by atoms with Crippen LogP contribution < -0.4 is 0 Å². The minimum Gasteiger partial charge on any atom is -0.455 e. The number of halogens is 3. The summed E-state index contributed by atoms with van der Waals surface area (Å²) in [5, 5.41) is 9.97. The van der Waals surface area contributed by atoms with Gasteiger partial charge in [0, 0.05) is 13.6 Å². The Hall–Kier alpha value is -1.54. The Morgan fingerprint density at radius 1 is 1.33 bits per heavy atom. The predicted molar refractivity (Wildman–Crippen MR) is 78.9 cm³/mol. The molecule has 134 valence electrons. The van der Waals surface area contributed by atoms with Crippen LogP contribution in [0.25, 0.3) is 0 Å². The number of carbonyl (C=O) groups is 1. The van der Waals surface area contributed by atoms with Gasteiger partial charge in [-0.3, -0.25) is 9.69 Å². The van der Waals surface area contributed by atoms with Gasteiger partial charge in [-0.05, 0) is 44.5 Å². The first-order chi connectivity index (χ1) is 11.2. The van der Waals surface area contributed by atoms with Gasteiger partial charge in [-0.25, -0.2) is 0 Å². The Bertz CT molecular complexity index is 606. The maximum atomic E-state index is 12.6. The summed E-state index contributed by atoms with van der Waals surface area (Å²) >= 11 is 0. The van der Waals surface area contributed by atoms with Gasteiger partial charge in [-0.2, -0.15) is 13.2 Å². The molecule has 5 nitrogen and oxygen atoms in total. The van der Waals surface area contributed by atoms with Gasteiger partial charge in [-0.1, -0.05) is 0 Å². The summed E-state index contributed by atoms with van der Waals surface area (Å²) in [5.41, 5.74) is -0.538. The zero-order valence-electron chi connectivity index (χ0n) is 13.5. The zero-order chi connectivity index (χ0) is 17.5. The molecule has 2 saturated heterocycles. The summed E-state index contributed by atoms with van der Waals surface area (Å²) in [5.74, 6) is -0.659. The molecule has 2 aliphatic heterocycles. The molecule has 1 aromatic heterocycles. The van der Waals surface area contributed by atoms with Crippen molar-refractivity contribution >= 4 is 5.91 Å². The van der Waals surface area contributed by atoms with E-state index in [1.54, 1.807) is 11.9 Å². The maximum Gasteiger partial charge on any atom is 0.449 e. The molecule has 0 aromatic carbocycles. The van der Waals surface area contributed by atoms with Crippen molar-refractivity contribution in [2.75, 3.05) is 26.7 Å². The number of alkyl halides is 3. The van der Waals surface area contributed by atoms with Crippen LogP contribution in [0.5, 0.6) is 0 Å². The molecule has 0 aliphatic carbocycles. The van der Waals surface area contributed by atoms with Crippen LogP contribution in [0.2, 0.25) is 0 Å². The normalized spacial score (nSPS) is 25.5. The fourth-order valence-electron chi connectivity index (χ4n) is 3.80. The van der Waals surface area contributed by atoms with Crippen molar-refractivity contribution in [1.29, 1.82) is 0 Å². The molecule has 2 fully saturated rings. The molecule has 0 bridgehead atoms. The van der Waals surface area contributed by atoms with E-state index < -0.39 is 23.5 Å². The van der Waals surface area contributed by atoms with Crippen LogP contribution in [-0.4, -0.2) is 53.6 Å². The molecule has 8 heteroatoms. The average Bonchev–Trinajstić information content (AvgIpc) is 2.96. The second-order valence-corrected chi connectivity index (χ2v) is 6.86. The Morgan fingerprint density at radius 2 is 2.00 bits per heavy atom. The van der Waals surface area contributed by atoms with Gasteiger partial charge in [0.15, 0.2) is 0 Å². The lowest BCUT2D eigenvalue weighted by molar-refractivity contribution is -0.155. The monoisotopic (exact) mass is 346 g/mol. The number of β-amino-alcohol motifs (C(OH)–C–C–N with tert-alkyl or cyclic N) is 1. The first-order valence-electron chi connectivity index (χ1n) is 8.01. The third-order valence-corrected chi connectivity index (χ3v) is 5.05. The van der Waals surface area contributed by atoms with Gasteiger partial charge in [0.1, 0.15) is 5.76 Å². The summed E-state index contributed by atoms with van der Waals surface area (Å²) in [7, 11) is 1.69. The van der Waals surface area contributed by atoms with E-state index in [2.05, 4.69) is 0 Å². The van der Waals surface area contributed by atoms with Gasteiger partial charge in [0.25, 0.3) is 0 Å². The Labute approximate surface area is 138 Å². The minimum atomic E-state index is -4.47. The molecule has 1 unspecified atom stereocenters. The standard InChI is InChI=1S/C16H21F3N2O3/c1-20-9-11(22)8-15(14(20)23)4-6-21(7-5-15)10-12-2-3-13(24-12)16(17,18)19/h2-3,11,22H,4-10H2,1H3. The maximum absolute atomic E-state index is 12.6. The smallest absolute Gasteiger partial charge is 0.449 e. The largest absolute Gasteiger partial charge is 0.455 e. The molecular formula is C16H21F3N2O3. The third-order valence-electron chi connectivity index (χ3n) is 5.05. The molecule has 3 heterocycles. The summed E-state index contributed by atoms with van der Waals surface area (Å²) < 4.78 is 42.5. The number of carbonyl (C=O) groups excluding carboxylic acids is 1. The lowest BCUT2D eigenvalue weighted by Crippen LogP contribution is -2.56. The van der Waals surface area contributed by atoms with E-state index in [0.717, 1.165) is 6.07 Å². The van der Waals surface area contributed by atoms with Crippen molar-refractivity contribution < 1.29 is 27.5 Å². The van der Waals surface area contributed by atoms with E-state index in [-0.39, 0.29) is 11.7 Å². The van der Waals surface area contributed by atoms with Crippen LogP contribution in [-0.2, 0) is 17.5 Å². The zero-order valence-corrected chi connectivity index (χ0v) is 13.5. The molecule has 1 atom stereocenters. The summed E-state index contributed by atoms with van der Waals surface area (Å²) in [6, 6.07) is 2.28. The van der Waals surface area contributed by atoms with Gasteiger partial charge >= 0.3 is 6.18 Å². The number of aliphatic hydroxyl groups excluding tert-OH is 1.